The summed E-state index contributed by atoms with van der Waals surface area (Å²) in [7, 11) is 6.63. The molecule has 0 spiro atoms. The Labute approximate surface area is 154 Å². The van der Waals surface area contributed by atoms with Crippen molar-refractivity contribution in [1.82, 2.24) is 0 Å². The van der Waals surface area contributed by atoms with Gasteiger partial charge in [-0.3, -0.25) is 0 Å². The molecular formula is C15H38Br2N2O3. The lowest BCUT2D eigenvalue weighted by atomic mass is 10.3. The van der Waals surface area contributed by atoms with Crippen molar-refractivity contribution in [3.05, 3.63) is 0 Å². The van der Waals surface area contributed by atoms with E-state index in [4.69, 9.17) is 5.11 Å². The maximum absolute atomic E-state index is 8.94. The summed E-state index contributed by atoms with van der Waals surface area (Å²) >= 11 is 6.83. The summed E-state index contributed by atoms with van der Waals surface area (Å²) < 4.78 is 2.13. The normalized spacial score (nSPS) is 10.9. The third-order valence-corrected chi connectivity index (χ3v) is 4.77. The Morgan fingerprint density at radius 2 is 1.18 bits per heavy atom. The second-order valence-electron chi connectivity index (χ2n) is 6.24. The van der Waals surface area contributed by atoms with Gasteiger partial charge in [-0.15, -0.1) is 0 Å². The van der Waals surface area contributed by atoms with Crippen LogP contribution in [0.2, 0.25) is 0 Å². The molecule has 0 heterocycles. The van der Waals surface area contributed by atoms with Gasteiger partial charge in [-0.2, -0.15) is 0 Å². The molecule has 3 N–H and O–H groups in total. The van der Waals surface area contributed by atoms with Crippen LogP contribution in [0.25, 0.3) is 0 Å². The highest BCUT2D eigenvalue weighted by molar-refractivity contribution is 9.09. The van der Waals surface area contributed by atoms with Crippen LogP contribution in [0.5, 0.6) is 0 Å². The third-order valence-electron chi connectivity index (χ3n) is 3.64. The van der Waals surface area contributed by atoms with Crippen LogP contribution >= 0.6 is 31.9 Å². The number of aliphatic hydroxyl groups is 1. The van der Waals surface area contributed by atoms with E-state index in [1.54, 1.807) is 0 Å². The minimum absolute atomic E-state index is 0. The number of alkyl halides is 2. The fraction of sp³-hybridized carbons (Fsp3) is 1.00. The summed E-state index contributed by atoms with van der Waals surface area (Å²) in [5.74, 6) is 0. The monoisotopic (exact) mass is 452 g/mol. The molecule has 5 nitrogen and oxygen atoms in total. The molecule has 0 fully saturated rings. The number of aliphatic hydroxyl groups excluding tert-OH is 1. The third kappa shape index (κ3) is 18.8. The zero-order valence-corrected chi connectivity index (χ0v) is 18.2. The van der Waals surface area contributed by atoms with Crippen molar-refractivity contribution in [2.75, 3.05) is 71.1 Å². The largest absolute Gasteiger partial charge is 0.870 e. The predicted molar refractivity (Wildman–Crippen MR) is 102 cm³/mol. The maximum Gasteiger partial charge on any atom is 0.102 e. The number of halogens is 2. The van der Waals surface area contributed by atoms with Gasteiger partial charge >= 0.3 is 0 Å². The molecule has 0 aromatic carbocycles. The first-order valence-electron chi connectivity index (χ1n) is 7.69. The van der Waals surface area contributed by atoms with Gasteiger partial charge in [0.2, 0.25) is 0 Å². The molecule has 0 saturated carbocycles. The van der Waals surface area contributed by atoms with Gasteiger partial charge in [0, 0.05) is 23.5 Å². The summed E-state index contributed by atoms with van der Waals surface area (Å²) in [6.07, 6.45) is 2.46. The zero-order valence-electron chi connectivity index (χ0n) is 15.1. The maximum atomic E-state index is 8.94. The first-order valence-corrected chi connectivity index (χ1v) is 9.93. The summed E-state index contributed by atoms with van der Waals surface area (Å²) in [5.41, 5.74) is 0. The second-order valence-corrected chi connectivity index (χ2v) is 7.83. The minimum Gasteiger partial charge on any atom is -0.870 e. The Morgan fingerprint density at radius 3 is 1.41 bits per heavy atom. The van der Waals surface area contributed by atoms with Crippen LogP contribution in [-0.4, -0.2) is 96.2 Å². The van der Waals surface area contributed by atoms with Crippen molar-refractivity contribution in [3.63, 3.8) is 0 Å². The zero-order chi connectivity index (χ0) is 16.1. The summed E-state index contributed by atoms with van der Waals surface area (Å²) in [6, 6.07) is 0. The molecule has 7 heteroatoms. The van der Waals surface area contributed by atoms with Crippen molar-refractivity contribution in [1.29, 1.82) is 0 Å². The quantitative estimate of drug-likeness (QED) is 0.407. The van der Waals surface area contributed by atoms with Crippen molar-refractivity contribution in [2.24, 2.45) is 0 Å². The highest BCUT2D eigenvalue weighted by Gasteiger charge is 2.21. The van der Waals surface area contributed by atoms with Crippen LogP contribution < -0.4 is 0 Å². The molecule has 0 aliphatic rings. The lowest BCUT2D eigenvalue weighted by Gasteiger charge is -2.36. The van der Waals surface area contributed by atoms with Gasteiger partial charge in [0.05, 0.1) is 53.9 Å². The summed E-state index contributed by atoms with van der Waals surface area (Å²) in [4.78, 5) is 0. The molecule has 0 aromatic rings. The Balaban J connectivity index is -0.000000144. The van der Waals surface area contributed by atoms with Gasteiger partial charge in [0.1, 0.15) is 6.54 Å². The lowest BCUT2D eigenvalue weighted by Crippen LogP contribution is -2.50. The minimum atomic E-state index is 0. The highest BCUT2D eigenvalue weighted by Crippen LogP contribution is 2.07. The van der Waals surface area contributed by atoms with Crippen molar-refractivity contribution >= 4 is 31.9 Å². The number of quaternary nitrogens is 2. The SMILES string of the molecule is CC[N+](CC)(CCO)CCCBr.C[N+](C)(C)CCCBr.[OH-].[OH-]. The number of likely N-dealkylation sites (N-methyl/N-ethyl adjacent to an activating group) is 1. The topological polar surface area (TPSA) is 80.2 Å². The first-order chi connectivity index (χ1) is 9.30. The molecule has 22 heavy (non-hydrogen) atoms. The number of hydrogen-bond donors (Lipinski definition) is 1. The number of nitrogens with zero attached hydrogens (tertiary/aromatic N) is 2. The Bertz CT molecular complexity index is 211. The van der Waals surface area contributed by atoms with Gasteiger partial charge in [-0.05, 0) is 13.8 Å². The van der Waals surface area contributed by atoms with Gasteiger partial charge in [0.25, 0.3) is 0 Å². The van der Waals surface area contributed by atoms with Crippen LogP contribution in [-0.2, 0) is 0 Å². The van der Waals surface area contributed by atoms with Gasteiger partial charge in [0.15, 0.2) is 0 Å². The number of rotatable bonds is 10. The van der Waals surface area contributed by atoms with Crippen LogP contribution in [0.15, 0.2) is 0 Å². The molecule has 0 bridgehead atoms. The molecule has 0 aromatic heterocycles. The predicted octanol–water partition coefficient (Wildman–Crippen LogP) is 2.74. The van der Waals surface area contributed by atoms with Crippen LogP contribution in [0.3, 0.4) is 0 Å². The van der Waals surface area contributed by atoms with E-state index >= 15 is 0 Å². The molecule has 0 rings (SSSR count). The van der Waals surface area contributed by atoms with Crippen LogP contribution in [0, 0.1) is 0 Å². The van der Waals surface area contributed by atoms with E-state index in [2.05, 4.69) is 66.9 Å². The van der Waals surface area contributed by atoms with Crippen molar-refractivity contribution in [2.45, 2.75) is 26.7 Å². The van der Waals surface area contributed by atoms with E-state index in [1.807, 2.05) is 0 Å². The Hall–Kier alpha value is 0.760. The van der Waals surface area contributed by atoms with E-state index in [0.717, 1.165) is 39.3 Å². The highest BCUT2D eigenvalue weighted by atomic mass is 79.9. The average molecular weight is 454 g/mol. The smallest absolute Gasteiger partial charge is 0.102 e. The van der Waals surface area contributed by atoms with E-state index in [-0.39, 0.29) is 11.0 Å². The Morgan fingerprint density at radius 1 is 0.773 bits per heavy atom. The molecule has 0 aliphatic carbocycles. The van der Waals surface area contributed by atoms with Crippen LogP contribution in [0.4, 0.5) is 0 Å². The lowest BCUT2D eigenvalue weighted by molar-refractivity contribution is -0.925. The summed E-state index contributed by atoms with van der Waals surface area (Å²) in [6.45, 7) is 10.3. The molecule has 0 aliphatic heterocycles. The summed E-state index contributed by atoms with van der Waals surface area (Å²) in [5, 5.41) is 11.1. The molecule has 0 unspecified atom stereocenters. The Kier molecular flexibility index (Phi) is 25.2. The molecular weight excluding hydrogens is 416 g/mol. The molecule has 0 radical (unpaired) electrons. The second kappa shape index (κ2) is 18.1. The molecule has 0 atom stereocenters. The molecule has 0 amide bonds. The molecule has 140 valence electrons. The van der Waals surface area contributed by atoms with E-state index in [1.165, 1.54) is 25.9 Å². The fourth-order valence-corrected chi connectivity index (χ4v) is 2.61. The van der Waals surface area contributed by atoms with Crippen LogP contribution in [0.1, 0.15) is 26.7 Å². The first kappa shape index (κ1) is 30.6. The van der Waals surface area contributed by atoms with Gasteiger partial charge in [-0.25, -0.2) is 0 Å². The van der Waals surface area contributed by atoms with Crippen molar-refractivity contribution < 1.29 is 25.0 Å². The van der Waals surface area contributed by atoms with E-state index in [9.17, 15) is 0 Å². The fourth-order valence-electron chi connectivity index (χ4n) is 2.11. The van der Waals surface area contributed by atoms with Crippen molar-refractivity contribution in [3.8, 4) is 0 Å². The van der Waals surface area contributed by atoms with E-state index in [0.29, 0.717) is 6.61 Å². The standard InChI is InChI=1S/C9H21BrNO.C6H15BrN.2H2O/c1-3-11(4-2,8-9-12)7-5-6-10;1-8(2,3)6-4-5-7;;/h12H,3-9H2,1-2H3;4-6H2,1-3H3;2*1H2/q2*+1;;/p-2. The molecule has 0 saturated heterocycles. The number of hydrogen-bond acceptors (Lipinski definition) is 3. The van der Waals surface area contributed by atoms with Gasteiger partial charge in [-0.1, -0.05) is 31.9 Å². The van der Waals surface area contributed by atoms with E-state index < -0.39 is 0 Å². The van der Waals surface area contributed by atoms with Gasteiger partial charge < -0.3 is 25.0 Å². The average Bonchev–Trinajstić information content (AvgIpc) is 2.41.